The number of guanidine groups is 1. The van der Waals surface area contributed by atoms with Crippen LogP contribution in [0.3, 0.4) is 0 Å². The monoisotopic (exact) mass is 311 g/mol. The molecule has 5 heteroatoms. The Morgan fingerprint density at radius 1 is 1.17 bits per heavy atom. The molecule has 2 heterocycles. The molecule has 1 aromatic carbocycles. The van der Waals surface area contributed by atoms with E-state index in [1.165, 1.54) is 19.3 Å². The van der Waals surface area contributed by atoms with Crippen LogP contribution >= 0.6 is 0 Å². The lowest BCUT2D eigenvalue weighted by Gasteiger charge is -2.27. The Bertz CT molecular complexity index is 695. The predicted molar refractivity (Wildman–Crippen MR) is 93.8 cm³/mol. The van der Waals surface area contributed by atoms with Crippen LogP contribution in [0.4, 0.5) is 0 Å². The van der Waals surface area contributed by atoms with E-state index < -0.39 is 0 Å². The van der Waals surface area contributed by atoms with Crippen LogP contribution < -0.4 is 5.73 Å². The van der Waals surface area contributed by atoms with Gasteiger partial charge in [0.1, 0.15) is 0 Å². The minimum absolute atomic E-state index is 0.580. The first-order valence-electron chi connectivity index (χ1n) is 8.31. The molecular weight excluding hydrogens is 286 g/mol. The molecule has 1 aromatic heterocycles. The van der Waals surface area contributed by atoms with Crippen molar-refractivity contribution in [3.8, 4) is 5.69 Å². The van der Waals surface area contributed by atoms with Gasteiger partial charge in [0, 0.05) is 18.8 Å². The summed E-state index contributed by atoms with van der Waals surface area (Å²) in [7, 11) is 0. The van der Waals surface area contributed by atoms with Crippen molar-refractivity contribution in [1.29, 1.82) is 0 Å². The summed E-state index contributed by atoms with van der Waals surface area (Å²) in [6.07, 6.45) is 3.71. The number of aromatic nitrogens is 2. The van der Waals surface area contributed by atoms with Crippen LogP contribution in [0.5, 0.6) is 0 Å². The molecular formula is C18H25N5. The summed E-state index contributed by atoms with van der Waals surface area (Å²) in [5, 5.41) is 4.58. The van der Waals surface area contributed by atoms with Gasteiger partial charge in [0.2, 0.25) is 0 Å². The quantitative estimate of drug-likeness (QED) is 0.700. The van der Waals surface area contributed by atoms with Crippen LogP contribution in [0.25, 0.3) is 5.69 Å². The third-order valence-corrected chi connectivity index (χ3v) is 4.32. The summed E-state index contributed by atoms with van der Waals surface area (Å²) in [5.41, 5.74) is 10.5. The molecule has 2 N–H and O–H groups in total. The molecule has 1 fully saturated rings. The highest BCUT2D eigenvalue weighted by molar-refractivity contribution is 5.78. The highest BCUT2D eigenvalue weighted by Gasteiger charge is 2.13. The van der Waals surface area contributed by atoms with Gasteiger partial charge in [-0.15, -0.1) is 0 Å². The van der Waals surface area contributed by atoms with Crippen LogP contribution in [0.1, 0.15) is 36.2 Å². The minimum Gasteiger partial charge on any atom is -0.370 e. The van der Waals surface area contributed by atoms with E-state index in [9.17, 15) is 0 Å². The molecule has 1 aliphatic rings. The average molecular weight is 311 g/mol. The van der Waals surface area contributed by atoms with Crippen LogP contribution in [0.15, 0.2) is 35.3 Å². The summed E-state index contributed by atoms with van der Waals surface area (Å²) in [4.78, 5) is 6.81. The first-order chi connectivity index (χ1) is 11.1. The fourth-order valence-electron chi connectivity index (χ4n) is 3.11. The number of hydrogen-bond acceptors (Lipinski definition) is 2. The molecule has 0 bridgehead atoms. The Morgan fingerprint density at radius 3 is 2.61 bits per heavy atom. The van der Waals surface area contributed by atoms with Crippen LogP contribution in [0.2, 0.25) is 0 Å². The van der Waals surface area contributed by atoms with Crippen LogP contribution in [0, 0.1) is 13.8 Å². The number of aliphatic imine (C=N–C) groups is 1. The fraction of sp³-hybridized carbons (Fsp3) is 0.444. The zero-order chi connectivity index (χ0) is 16.2. The maximum absolute atomic E-state index is 6.17. The zero-order valence-corrected chi connectivity index (χ0v) is 14.0. The first-order valence-corrected chi connectivity index (χ1v) is 8.31. The van der Waals surface area contributed by atoms with Gasteiger partial charge in [-0.1, -0.05) is 18.2 Å². The molecule has 0 radical (unpaired) electrons. The number of benzene rings is 1. The predicted octanol–water partition coefficient (Wildman–Crippen LogP) is 2.79. The smallest absolute Gasteiger partial charge is 0.191 e. The second kappa shape index (κ2) is 6.86. The molecule has 1 saturated heterocycles. The van der Waals surface area contributed by atoms with Crippen molar-refractivity contribution in [2.75, 3.05) is 13.1 Å². The Hall–Kier alpha value is -2.30. The number of likely N-dealkylation sites (tertiary alicyclic amines) is 1. The lowest BCUT2D eigenvalue weighted by Crippen LogP contribution is -2.40. The second-order valence-electron chi connectivity index (χ2n) is 6.19. The lowest BCUT2D eigenvalue weighted by atomic mass is 10.1. The Kier molecular flexibility index (Phi) is 4.65. The Labute approximate surface area is 137 Å². The van der Waals surface area contributed by atoms with Crippen molar-refractivity contribution in [2.24, 2.45) is 10.7 Å². The molecule has 23 heavy (non-hydrogen) atoms. The molecule has 122 valence electrons. The van der Waals surface area contributed by atoms with E-state index in [1.807, 2.05) is 23.7 Å². The highest BCUT2D eigenvalue weighted by Crippen LogP contribution is 2.18. The molecule has 1 aliphatic heterocycles. The molecule has 0 spiro atoms. The van der Waals surface area contributed by atoms with Crippen LogP contribution in [-0.4, -0.2) is 33.7 Å². The van der Waals surface area contributed by atoms with E-state index in [2.05, 4.69) is 40.1 Å². The second-order valence-corrected chi connectivity index (χ2v) is 6.19. The number of rotatable bonds is 3. The molecule has 2 aromatic rings. The molecule has 0 aliphatic carbocycles. The number of piperidine rings is 1. The fourth-order valence-corrected chi connectivity index (χ4v) is 3.11. The number of para-hydroxylation sites is 1. The molecule has 5 nitrogen and oxygen atoms in total. The Balaban J connectivity index is 1.82. The van der Waals surface area contributed by atoms with Crippen molar-refractivity contribution < 1.29 is 0 Å². The van der Waals surface area contributed by atoms with Gasteiger partial charge in [-0.05, 0) is 50.8 Å². The van der Waals surface area contributed by atoms with E-state index in [0.29, 0.717) is 12.5 Å². The van der Waals surface area contributed by atoms with Crippen molar-refractivity contribution in [1.82, 2.24) is 14.7 Å². The minimum atomic E-state index is 0.580. The zero-order valence-electron chi connectivity index (χ0n) is 14.0. The van der Waals surface area contributed by atoms with Gasteiger partial charge in [-0.2, -0.15) is 5.10 Å². The third-order valence-electron chi connectivity index (χ3n) is 4.32. The molecule has 0 amide bonds. The van der Waals surface area contributed by atoms with Crippen molar-refractivity contribution in [3.05, 3.63) is 47.3 Å². The summed E-state index contributed by atoms with van der Waals surface area (Å²) in [6.45, 7) is 6.71. The largest absolute Gasteiger partial charge is 0.370 e. The standard InChI is InChI=1S/C18H25N5/c1-14-12-15(2)23(21-14)17-9-5-4-8-16(17)13-20-18(19)22-10-6-3-7-11-22/h4-5,8-9,12H,3,6-7,10-11,13H2,1-2H3,(H2,19,20). The molecule has 3 rings (SSSR count). The van der Waals surface area contributed by atoms with Crippen molar-refractivity contribution in [3.63, 3.8) is 0 Å². The van der Waals surface area contributed by atoms with Crippen LogP contribution in [-0.2, 0) is 6.54 Å². The number of hydrogen-bond donors (Lipinski definition) is 1. The summed E-state index contributed by atoms with van der Waals surface area (Å²) < 4.78 is 1.98. The number of nitrogens with zero attached hydrogens (tertiary/aromatic N) is 4. The van der Waals surface area contributed by atoms with Gasteiger partial charge in [0.15, 0.2) is 5.96 Å². The molecule has 0 saturated carbocycles. The maximum atomic E-state index is 6.17. The number of aryl methyl sites for hydroxylation is 2. The van der Waals surface area contributed by atoms with Gasteiger partial charge in [0.05, 0.1) is 17.9 Å². The molecule has 0 unspecified atom stereocenters. The van der Waals surface area contributed by atoms with Gasteiger partial charge in [-0.3, -0.25) is 0 Å². The van der Waals surface area contributed by atoms with E-state index in [1.54, 1.807) is 0 Å². The van der Waals surface area contributed by atoms with E-state index >= 15 is 0 Å². The Morgan fingerprint density at radius 2 is 1.91 bits per heavy atom. The SMILES string of the molecule is Cc1cc(C)n(-c2ccccc2CN=C(N)N2CCCCC2)n1. The van der Waals surface area contributed by atoms with Gasteiger partial charge >= 0.3 is 0 Å². The van der Waals surface area contributed by atoms with E-state index in [0.717, 1.165) is 35.7 Å². The van der Waals surface area contributed by atoms with Gasteiger partial charge in [-0.25, -0.2) is 9.67 Å². The third kappa shape index (κ3) is 3.55. The van der Waals surface area contributed by atoms with E-state index in [4.69, 9.17) is 5.73 Å². The first kappa shape index (κ1) is 15.6. The lowest BCUT2D eigenvalue weighted by molar-refractivity contribution is 0.338. The summed E-state index contributed by atoms with van der Waals surface area (Å²) in [5.74, 6) is 0.660. The number of nitrogens with two attached hydrogens (primary N) is 1. The summed E-state index contributed by atoms with van der Waals surface area (Å²) in [6, 6.07) is 10.3. The van der Waals surface area contributed by atoms with E-state index in [-0.39, 0.29) is 0 Å². The highest BCUT2D eigenvalue weighted by atomic mass is 15.3. The average Bonchev–Trinajstić information content (AvgIpc) is 2.92. The van der Waals surface area contributed by atoms with Crippen molar-refractivity contribution in [2.45, 2.75) is 39.7 Å². The molecule has 0 atom stereocenters. The normalized spacial score (nSPS) is 15.9. The maximum Gasteiger partial charge on any atom is 0.191 e. The topological polar surface area (TPSA) is 59.4 Å². The van der Waals surface area contributed by atoms with Gasteiger partial charge in [0.25, 0.3) is 0 Å². The van der Waals surface area contributed by atoms with Gasteiger partial charge < -0.3 is 10.6 Å². The van der Waals surface area contributed by atoms with Crippen molar-refractivity contribution >= 4 is 5.96 Å². The summed E-state index contributed by atoms with van der Waals surface area (Å²) >= 11 is 0.